The predicted molar refractivity (Wildman–Crippen MR) is 78.0 cm³/mol. The number of likely N-dealkylation sites (N-methyl/N-ethyl adjacent to an activating group) is 1. The van der Waals surface area contributed by atoms with Gasteiger partial charge in [-0.2, -0.15) is 0 Å². The lowest BCUT2D eigenvalue weighted by atomic mass is 10.1. The Hall–Kier alpha value is -1.42. The SMILES string of the molecule is CN(CCN1CCCCC1)C(=O)Cc1ccc(F)cc1. The van der Waals surface area contributed by atoms with E-state index in [-0.39, 0.29) is 11.7 Å². The van der Waals surface area contributed by atoms with Crippen molar-refractivity contribution in [3.8, 4) is 0 Å². The van der Waals surface area contributed by atoms with Crippen LogP contribution in [0.15, 0.2) is 24.3 Å². The average Bonchev–Trinajstić information content (AvgIpc) is 2.48. The topological polar surface area (TPSA) is 23.6 Å². The highest BCUT2D eigenvalue weighted by Gasteiger charge is 2.13. The molecule has 20 heavy (non-hydrogen) atoms. The number of carbonyl (C=O) groups excluding carboxylic acids is 1. The molecule has 3 nitrogen and oxygen atoms in total. The third-order valence-electron chi connectivity index (χ3n) is 3.89. The summed E-state index contributed by atoms with van der Waals surface area (Å²) in [5.41, 5.74) is 0.862. The van der Waals surface area contributed by atoms with Gasteiger partial charge in [-0.15, -0.1) is 0 Å². The average molecular weight is 278 g/mol. The Morgan fingerprint density at radius 1 is 1.20 bits per heavy atom. The molecule has 2 rings (SSSR count). The standard InChI is InChI=1S/C16H23FN2O/c1-18(11-12-19-9-3-2-4-10-19)16(20)13-14-5-7-15(17)8-6-14/h5-8H,2-4,9-13H2,1H3. The van der Waals surface area contributed by atoms with E-state index >= 15 is 0 Å². The molecule has 4 heteroatoms. The van der Waals surface area contributed by atoms with Crippen LogP contribution in [-0.4, -0.2) is 48.9 Å². The van der Waals surface area contributed by atoms with Crippen molar-refractivity contribution in [3.05, 3.63) is 35.6 Å². The molecule has 1 aromatic carbocycles. The quantitative estimate of drug-likeness (QED) is 0.825. The van der Waals surface area contributed by atoms with Crippen LogP contribution in [0, 0.1) is 5.82 Å². The van der Waals surface area contributed by atoms with E-state index in [0.29, 0.717) is 6.42 Å². The Kier molecular flexibility index (Phi) is 5.53. The molecule has 0 N–H and O–H groups in total. The number of likely N-dealkylation sites (tertiary alicyclic amines) is 1. The summed E-state index contributed by atoms with van der Waals surface area (Å²) in [5.74, 6) is -0.173. The molecule has 110 valence electrons. The van der Waals surface area contributed by atoms with Crippen LogP contribution >= 0.6 is 0 Å². The Balaban J connectivity index is 1.75. The van der Waals surface area contributed by atoms with Crippen LogP contribution in [0.5, 0.6) is 0 Å². The summed E-state index contributed by atoms with van der Waals surface area (Å²) in [7, 11) is 1.84. The van der Waals surface area contributed by atoms with Gasteiger partial charge in [0.25, 0.3) is 0 Å². The van der Waals surface area contributed by atoms with Crippen molar-refractivity contribution in [2.45, 2.75) is 25.7 Å². The van der Waals surface area contributed by atoms with Crippen molar-refractivity contribution >= 4 is 5.91 Å². The van der Waals surface area contributed by atoms with E-state index in [2.05, 4.69) is 4.90 Å². The fourth-order valence-corrected chi connectivity index (χ4v) is 2.51. The van der Waals surface area contributed by atoms with E-state index in [1.165, 1.54) is 31.4 Å². The van der Waals surface area contributed by atoms with E-state index < -0.39 is 0 Å². The molecule has 1 fully saturated rings. The molecule has 0 aliphatic carbocycles. The van der Waals surface area contributed by atoms with Crippen LogP contribution in [0.2, 0.25) is 0 Å². The Bertz CT molecular complexity index is 427. The Morgan fingerprint density at radius 3 is 2.50 bits per heavy atom. The van der Waals surface area contributed by atoms with Gasteiger partial charge in [-0.25, -0.2) is 4.39 Å². The maximum absolute atomic E-state index is 12.8. The largest absolute Gasteiger partial charge is 0.344 e. The first-order chi connectivity index (χ1) is 9.65. The van der Waals surface area contributed by atoms with Gasteiger partial charge in [0.15, 0.2) is 0 Å². The van der Waals surface area contributed by atoms with E-state index in [1.807, 2.05) is 7.05 Å². The van der Waals surface area contributed by atoms with E-state index in [1.54, 1.807) is 17.0 Å². The van der Waals surface area contributed by atoms with Gasteiger partial charge >= 0.3 is 0 Å². The molecule has 0 atom stereocenters. The van der Waals surface area contributed by atoms with Crippen molar-refractivity contribution in [2.24, 2.45) is 0 Å². The van der Waals surface area contributed by atoms with Gasteiger partial charge in [0, 0.05) is 20.1 Å². The zero-order valence-corrected chi connectivity index (χ0v) is 12.1. The number of rotatable bonds is 5. The minimum absolute atomic E-state index is 0.0913. The van der Waals surface area contributed by atoms with Crippen molar-refractivity contribution < 1.29 is 9.18 Å². The maximum Gasteiger partial charge on any atom is 0.226 e. The molecule has 1 aliphatic heterocycles. The molecule has 1 saturated heterocycles. The summed E-state index contributed by atoms with van der Waals surface area (Å²) in [4.78, 5) is 16.3. The maximum atomic E-state index is 12.8. The highest BCUT2D eigenvalue weighted by atomic mass is 19.1. The third-order valence-corrected chi connectivity index (χ3v) is 3.89. The van der Waals surface area contributed by atoms with Crippen LogP contribution in [0.25, 0.3) is 0 Å². The predicted octanol–water partition coefficient (Wildman–Crippen LogP) is 2.31. The van der Waals surface area contributed by atoms with Crippen LogP contribution in [0.4, 0.5) is 4.39 Å². The van der Waals surface area contributed by atoms with Gasteiger partial charge in [-0.3, -0.25) is 4.79 Å². The lowest BCUT2D eigenvalue weighted by Gasteiger charge is -2.28. The summed E-state index contributed by atoms with van der Waals surface area (Å²) < 4.78 is 12.8. The van der Waals surface area contributed by atoms with Gasteiger partial charge in [0.05, 0.1) is 6.42 Å². The molecule has 1 heterocycles. The molecular weight excluding hydrogens is 255 g/mol. The summed E-state index contributed by atoms with van der Waals surface area (Å²) >= 11 is 0. The number of amides is 1. The van der Waals surface area contributed by atoms with Gasteiger partial charge in [-0.1, -0.05) is 18.6 Å². The number of hydrogen-bond donors (Lipinski definition) is 0. The first-order valence-corrected chi connectivity index (χ1v) is 7.36. The molecule has 0 spiro atoms. The number of piperidine rings is 1. The van der Waals surface area contributed by atoms with Gasteiger partial charge in [0.2, 0.25) is 5.91 Å². The third kappa shape index (κ3) is 4.60. The highest BCUT2D eigenvalue weighted by molar-refractivity contribution is 5.78. The number of hydrogen-bond acceptors (Lipinski definition) is 2. The second-order valence-corrected chi connectivity index (χ2v) is 5.52. The lowest BCUT2D eigenvalue weighted by Crippen LogP contribution is -2.39. The van der Waals surface area contributed by atoms with Crippen LogP contribution in [-0.2, 0) is 11.2 Å². The Morgan fingerprint density at radius 2 is 1.85 bits per heavy atom. The van der Waals surface area contributed by atoms with Gasteiger partial charge in [-0.05, 0) is 43.6 Å². The fraction of sp³-hybridized carbons (Fsp3) is 0.562. The molecule has 0 saturated carbocycles. The summed E-state index contributed by atoms with van der Waals surface area (Å²) in [6.45, 7) is 4.02. The smallest absolute Gasteiger partial charge is 0.226 e. The number of carbonyl (C=O) groups is 1. The molecular formula is C16H23FN2O. The molecule has 0 unspecified atom stereocenters. The summed E-state index contributed by atoms with van der Waals surface area (Å²) in [6.07, 6.45) is 4.22. The number of halogens is 1. The first kappa shape index (κ1) is 15.0. The van der Waals surface area contributed by atoms with Gasteiger partial charge in [0.1, 0.15) is 5.82 Å². The Labute approximate surface area is 120 Å². The second-order valence-electron chi connectivity index (χ2n) is 5.52. The highest BCUT2D eigenvalue weighted by Crippen LogP contribution is 2.09. The summed E-state index contributed by atoms with van der Waals surface area (Å²) in [5, 5.41) is 0. The molecule has 0 radical (unpaired) electrons. The number of benzene rings is 1. The zero-order chi connectivity index (χ0) is 14.4. The monoisotopic (exact) mass is 278 g/mol. The van der Waals surface area contributed by atoms with Gasteiger partial charge < -0.3 is 9.80 Å². The normalized spacial score (nSPS) is 16.1. The zero-order valence-electron chi connectivity index (χ0n) is 12.1. The summed E-state index contributed by atoms with van der Waals surface area (Å²) in [6, 6.07) is 6.14. The molecule has 0 bridgehead atoms. The molecule has 1 aromatic rings. The lowest BCUT2D eigenvalue weighted by molar-refractivity contribution is -0.129. The van der Waals surface area contributed by atoms with Crippen LogP contribution in [0.1, 0.15) is 24.8 Å². The van der Waals surface area contributed by atoms with Crippen molar-refractivity contribution in [3.63, 3.8) is 0 Å². The van der Waals surface area contributed by atoms with E-state index in [0.717, 1.165) is 31.7 Å². The van der Waals surface area contributed by atoms with E-state index in [4.69, 9.17) is 0 Å². The van der Waals surface area contributed by atoms with Crippen LogP contribution in [0.3, 0.4) is 0 Å². The minimum Gasteiger partial charge on any atom is -0.344 e. The molecule has 1 aliphatic rings. The first-order valence-electron chi connectivity index (χ1n) is 7.36. The number of nitrogens with zero attached hydrogens (tertiary/aromatic N) is 2. The second kappa shape index (κ2) is 7.39. The minimum atomic E-state index is -0.264. The molecule has 1 amide bonds. The van der Waals surface area contributed by atoms with Crippen molar-refractivity contribution in [2.75, 3.05) is 33.2 Å². The van der Waals surface area contributed by atoms with Crippen LogP contribution < -0.4 is 0 Å². The fourth-order valence-electron chi connectivity index (χ4n) is 2.51. The molecule has 0 aromatic heterocycles. The van der Waals surface area contributed by atoms with Crippen molar-refractivity contribution in [1.29, 1.82) is 0 Å². The van der Waals surface area contributed by atoms with Crippen molar-refractivity contribution in [1.82, 2.24) is 9.80 Å². The van der Waals surface area contributed by atoms with E-state index in [9.17, 15) is 9.18 Å².